The highest BCUT2D eigenvalue weighted by atomic mass is 16.3. The number of carbonyl (C=O) groups excluding carboxylic acids is 1. The lowest BCUT2D eigenvalue weighted by molar-refractivity contribution is -0.141. The van der Waals surface area contributed by atoms with E-state index in [0.29, 0.717) is 32.5 Å². The van der Waals surface area contributed by atoms with Crippen LogP contribution in [-0.4, -0.2) is 84.7 Å². The molecule has 21 heavy (non-hydrogen) atoms. The maximum Gasteiger partial charge on any atom is 0.239 e. The molecule has 2 fully saturated rings. The van der Waals surface area contributed by atoms with Gasteiger partial charge in [0.25, 0.3) is 0 Å². The maximum absolute atomic E-state index is 12.7. The summed E-state index contributed by atoms with van der Waals surface area (Å²) in [4.78, 5) is 19.0. The van der Waals surface area contributed by atoms with Crippen LogP contribution in [0.3, 0.4) is 0 Å². The molecule has 1 atom stereocenters. The normalized spacial score (nSPS) is 27.7. The minimum absolute atomic E-state index is 0.0486. The van der Waals surface area contributed by atoms with Crippen molar-refractivity contribution in [2.24, 2.45) is 0 Å². The maximum atomic E-state index is 12.7. The van der Waals surface area contributed by atoms with Crippen LogP contribution in [0.2, 0.25) is 0 Å². The lowest BCUT2D eigenvalue weighted by Crippen LogP contribution is -2.54. The number of hydrogen-bond donors (Lipinski definition) is 1. The molecule has 0 spiro atoms. The largest absolute Gasteiger partial charge is 0.388 e. The van der Waals surface area contributed by atoms with Crippen molar-refractivity contribution in [2.45, 2.75) is 50.2 Å². The Morgan fingerprint density at radius 1 is 1.19 bits per heavy atom. The molecule has 0 aromatic carbocycles. The van der Waals surface area contributed by atoms with Gasteiger partial charge in [-0.05, 0) is 53.4 Å². The molecule has 0 unspecified atom stereocenters. The summed E-state index contributed by atoms with van der Waals surface area (Å²) in [6.07, 6.45) is 5.94. The zero-order valence-corrected chi connectivity index (χ0v) is 13.8. The monoisotopic (exact) mass is 297 g/mol. The molecule has 1 amide bonds. The highest BCUT2D eigenvalue weighted by Crippen LogP contribution is 2.25. The molecule has 5 nitrogen and oxygen atoms in total. The molecule has 0 saturated carbocycles. The molecule has 0 aliphatic carbocycles. The minimum Gasteiger partial charge on any atom is -0.388 e. The van der Waals surface area contributed by atoms with Crippen LogP contribution in [0.15, 0.2) is 0 Å². The quantitative estimate of drug-likeness (QED) is 0.836. The molecule has 0 aromatic heterocycles. The second-order valence-corrected chi connectivity index (χ2v) is 7.13. The zero-order valence-electron chi connectivity index (χ0n) is 13.8. The number of aliphatic hydroxyl groups is 1. The summed E-state index contributed by atoms with van der Waals surface area (Å²) in [5.41, 5.74) is -0.629. The number of rotatable bonds is 3. The third-order valence-electron chi connectivity index (χ3n) is 4.92. The van der Waals surface area contributed by atoms with Gasteiger partial charge in [0.2, 0.25) is 5.91 Å². The number of nitrogens with zero attached hydrogens (tertiary/aromatic N) is 3. The number of carbonyl (C=O) groups is 1. The fraction of sp³-hybridized carbons (Fsp3) is 0.938. The van der Waals surface area contributed by atoms with E-state index in [2.05, 4.69) is 11.9 Å². The van der Waals surface area contributed by atoms with E-state index in [1.807, 2.05) is 23.9 Å². The Morgan fingerprint density at radius 3 is 2.48 bits per heavy atom. The summed E-state index contributed by atoms with van der Waals surface area (Å²) in [6.45, 7) is 3.08. The van der Waals surface area contributed by atoms with Crippen molar-refractivity contribution in [3.63, 3.8) is 0 Å². The first-order chi connectivity index (χ1) is 9.91. The molecular weight excluding hydrogens is 266 g/mol. The zero-order chi connectivity index (χ0) is 15.5. The third-order valence-corrected chi connectivity index (χ3v) is 4.92. The van der Waals surface area contributed by atoms with Crippen LogP contribution < -0.4 is 0 Å². The van der Waals surface area contributed by atoms with Crippen molar-refractivity contribution in [3.8, 4) is 0 Å². The Morgan fingerprint density at radius 2 is 1.86 bits per heavy atom. The van der Waals surface area contributed by atoms with Crippen molar-refractivity contribution in [1.29, 1.82) is 0 Å². The van der Waals surface area contributed by atoms with Crippen LogP contribution in [0.1, 0.15) is 38.5 Å². The van der Waals surface area contributed by atoms with Crippen molar-refractivity contribution in [1.82, 2.24) is 14.7 Å². The van der Waals surface area contributed by atoms with Crippen molar-refractivity contribution in [3.05, 3.63) is 0 Å². The molecule has 0 radical (unpaired) electrons. The molecule has 2 aliphatic rings. The molecule has 0 aromatic rings. The fourth-order valence-electron chi connectivity index (χ4n) is 3.66. The molecule has 5 heteroatoms. The second-order valence-electron chi connectivity index (χ2n) is 7.13. The average Bonchev–Trinajstić information content (AvgIpc) is 2.62. The van der Waals surface area contributed by atoms with E-state index in [1.54, 1.807) is 0 Å². The number of amides is 1. The highest BCUT2D eigenvalue weighted by Gasteiger charge is 2.37. The predicted octanol–water partition coefficient (Wildman–Crippen LogP) is 0.776. The van der Waals surface area contributed by atoms with E-state index < -0.39 is 5.60 Å². The SMILES string of the molecule is CN(C)CC1(O)CCN(C(=O)[C@@H]2CCCCCN2C)CC1. The molecule has 2 aliphatic heterocycles. The number of hydrogen-bond acceptors (Lipinski definition) is 4. The molecule has 2 rings (SSSR count). The lowest BCUT2D eigenvalue weighted by atomic mass is 9.90. The van der Waals surface area contributed by atoms with Crippen LogP contribution in [0, 0.1) is 0 Å². The van der Waals surface area contributed by atoms with Crippen LogP contribution in [0.25, 0.3) is 0 Å². The topological polar surface area (TPSA) is 47.0 Å². The van der Waals surface area contributed by atoms with Gasteiger partial charge in [0, 0.05) is 19.6 Å². The van der Waals surface area contributed by atoms with E-state index in [4.69, 9.17) is 0 Å². The highest BCUT2D eigenvalue weighted by molar-refractivity contribution is 5.82. The summed E-state index contributed by atoms with van der Waals surface area (Å²) in [7, 11) is 6.03. The Kier molecular flexibility index (Phi) is 5.63. The molecular formula is C16H31N3O2. The van der Waals surface area contributed by atoms with Gasteiger partial charge >= 0.3 is 0 Å². The van der Waals surface area contributed by atoms with E-state index in [-0.39, 0.29) is 11.9 Å². The van der Waals surface area contributed by atoms with Gasteiger partial charge in [-0.3, -0.25) is 9.69 Å². The summed E-state index contributed by atoms with van der Waals surface area (Å²) in [6, 6.07) is 0.0486. The third kappa shape index (κ3) is 4.41. The molecule has 122 valence electrons. The number of likely N-dealkylation sites (N-methyl/N-ethyl adjacent to an activating group) is 2. The molecule has 2 heterocycles. The van der Waals surface area contributed by atoms with Gasteiger partial charge in [-0.1, -0.05) is 12.8 Å². The van der Waals surface area contributed by atoms with E-state index in [1.165, 1.54) is 12.8 Å². The molecule has 2 saturated heterocycles. The van der Waals surface area contributed by atoms with Gasteiger partial charge in [0.05, 0.1) is 11.6 Å². The van der Waals surface area contributed by atoms with Crippen LogP contribution >= 0.6 is 0 Å². The first-order valence-electron chi connectivity index (χ1n) is 8.27. The Hall–Kier alpha value is -0.650. The first kappa shape index (κ1) is 16.7. The van der Waals surface area contributed by atoms with Crippen molar-refractivity contribution >= 4 is 5.91 Å². The average molecular weight is 297 g/mol. The van der Waals surface area contributed by atoms with Crippen LogP contribution in [-0.2, 0) is 4.79 Å². The van der Waals surface area contributed by atoms with E-state index in [0.717, 1.165) is 19.4 Å². The molecule has 0 bridgehead atoms. The number of piperidine rings is 1. The second kappa shape index (κ2) is 7.07. The van der Waals surface area contributed by atoms with Gasteiger partial charge < -0.3 is 14.9 Å². The van der Waals surface area contributed by atoms with Crippen LogP contribution in [0.4, 0.5) is 0 Å². The Balaban J connectivity index is 1.90. The van der Waals surface area contributed by atoms with Gasteiger partial charge in [-0.2, -0.15) is 0 Å². The Bertz CT molecular complexity index is 351. The summed E-state index contributed by atoms with van der Waals surface area (Å²) in [5.74, 6) is 0.270. The van der Waals surface area contributed by atoms with E-state index in [9.17, 15) is 9.90 Å². The van der Waals surface area contributed by atoms with Gasteiger partial charge in [0.1, 0.15) is 0 Å². The van der Waals surface area contributed by atoms with Gasteiger partial charge in [0.15, 0.2) is 0 Å². The Labute approximate surface area is 128 Å². The lowest BCUT2D eigenvalue weighted by Gasteiger charge is -2.41. The van der Waals surface area contributed by atoms with Gasteiger partial charge in [-0.25, -0.2) is 0 Å². The summed E-state index contributed by atoms with van der Waals surface area (Å²) < 4.78 is 0. The molecule has 1 N–H and O–H groups in total. The van der Waals surface area contributed by atoms with E-state index >= 15 is 0 Å². The first-order valence-corrected chi connectivity index (χ1v) is 8.27. The minimum atomic E-state index is -0.629. The smallest absolute Gasteiger partial charge is 0.239 e. The van der Waals surface area contributed by atoms with Gasteiger partial charge in [-0.15, -0.1) is 0 Å². The predicted molar refractivity (Wildman–Crippen MR) is 84.2 cm³/mol. The van der Waals surface area contributed by atoms with Crippen molar-refractivity contribution < 1.29 is 9.90 Å². The van der Waals surface area contributed by atoms with Crippen LogP contribution in [0.5, 0.6) is 0 Å². The van der Waals surface area contributed by atoms with Crippen molar-refractivity contribution in [2.75, 3.05) is 47.3 Å². The summed E-state index contributed by atoms with van der Waals surface area (Å²) in [5, 5.41) is 10.6. The fourth-order valence-corrected chi connectivity index (χ4v) is 3.66. The summed E-state index contributed by atoms with van der Waals surface area (Å²) >= 11 is 0. The number of likely N-dealkylation sites (tertiary alicyclic amines) is 2. The standard InChI is InChI=1S/C16H31N3O2/c1-17(2)13-16(21)8-11-19(12-9-16)15(20)14-7-5-4-6-10-18(14)3/h14,21H,4-13H2,1-3H3/t14-/m0/s1.